The van der Waals surface area contributed by atoms with Crippen LogP contribution in [-0.4, -0.2) is 40.5 Å². The highest BCUT2D eigenvalue weighted by molar-refractivity contribution is 5.99. The summed E-state index contributed by atoms with van der Waals surface area (Å²) in [6.45, 7) is 4.59. The average molecular weight is 283 g/mol. The van der Waals surface area contributed by atoms with E-state index in [9.17, 15) is 18.7 Å². The van der Waals surface area contributed by atoms with Gasteiger partial charge in [-0.3, -0.25) is 9.69 Å². The fourth-order valence-electron chi connectivity index (χ4n) is 2.65. The van der Waals surface area contributed by atoms with Crippen LogP contribution in [0.2, 0.25) is 0 Å². The highest BCUT2D eigenvalue weighted by Gasteiger charge is 2.33. The van der Waals surface area contributed by atoms with Crippen molar-refractivity contribution in [3.63, 3.8) is 0 Å². The largest absolute Gasteiger partial charge is 0.389 e. The molecule has 1 aromatic carbocycles. The van der Waals surface area contributed by atoms with Crippen molar-refractivity contribution >= 4 is 5.78 Å². The van der Waals surface area contributed by atoms with Crippen LogP contribution in [0.1, 0.15) is 37.0 Å². The van der Waals surface area contributed by atoms with Crippen LogP contribution in [0, 0.1) is 11.6 Å². The van der Waals surface area contributed by atoms with Gasteiger partial charge in [0.15, 0.2) is 17.4 Å². The van der Waals surface area contributed by atoms with Crippen molar-refractivity contribution in [2.75, 3.05) is 13.1 Å². The van der Waals surface area contributed by atoms with Crippen LogP contribution in [0.4, 0.5) is 8.78 Å². The number of carbonyl (C=O) groups is 1. The Morgan fingerprint density at radius 1 is 1.40 bits per heavy atom. The van der Waals surface area contributed by atoms with Crippen molar-refractivity contribution in [2.45, 2.75) is 38.3 Å². The molecule has 0 saturated carbocycles. The molecule has 110 valence electrons. The smallest absolute Gasteiger partial charge is 0.179 e. The molecule has 20 heavy (non-hydrogen) atoms. The summed E-state index contributed by atoms with van der Waals surface area (Å²) in [5.74, 6) is -2.25. The van der Waals surface area contributed by atoms with Gasteiger partial charge in [0.05, 0.1) is 11.6 Å². The number of nitrogens with zero attached hydrogens (tertiary/aromatic N) is 1. The van der Waals surface area contributed by atoms with E-state index in [1.165, 1.54) is 6.07 Å². The van der Waals surface area contributed by atoms with E-state index < -0.39 is 23.3 Å². The molecule has 1 N–H and O–H groups in total. The molecular weight excluding hydrogens is 264 g/mol. The molecule has 0 spiro atoms. The van der Waals surface area contributed by atoms with Gasteiger partial charge >= 0.3 is 0 Å². The first-order chi connectivity index (χ1) is 9.30. The molecule has 2 unspecified atom stereocenters. The van der Waals surface area contributed by atoms with Crippen LogP contribution in [0.5, 0.6) is 0 Å². The van der Waals surface area contributed by atoms with Gasteiger partial charge in [0.25, 0.3) is 0 Å². The molecule has 2 atom stereocenters. The maximum atomic E-state index is 13.2. The summed E-state index contributed by atoms with van der Waals surface area (Å²) in [6.07, 6.45) is 1.51. The lowest BCUT2D eigenvalue weighted by Crippen LogP contribution is -2.51. The fraction of sp³-hybridized carbons (Fsp3) is 0.533. The van der Waals surface area contributed by atoms with E-state index in [4.69, 9.17) is 0 Å². The predicted molar refractivity (Wildman–Crippen MR) is 71.6 cm³/mol. The first kappa shape index (κ1) is 15.1. The molecule has 1 heterocycles. The Morgan fingerprint density at radius 2 is 2.10 bits per heavy atom. The summed E-state index contributed by atoms with van der Waals surface area (Å²) in [5.41, 5.74) is -0.650. The number of benzene rings is 1. The Kier molecular flexibility index (Phi) is 4.20. The van der Waals surface area contributed by atoms with Gasteiger partial charge in [0, 0.05) is 12.1 Å². The minimum Gasteiger partial charge on any atom is -0.389 e. The van der Waals surface area contributed by atoms with Crippen LogP contribution >= 0.6 is 0 Å². The summed E-state index contributed by atoms with van der Waals surface area (Å²) in [6, 6.07) is 2.71. The monoisotopic (exact) mass is 283 g/mol. The number of rotatable bonds is 3. The third-order valence-corrected chi connectivity index (χ3v) is 3.84. The van der Waals surface area contributed by atoms with Gasteiger partial charge in [-0.15, -0.1) is 0 Å². The molecule has 0 bridgehead atoms. The van der Waals surface area contributed by atoms with Crippen molar-refractivity contribution in [2.24, 2.45) is 0 Å². The number of halogens is 2. The summed E-state index contributed by atoms with van der Waals surface area (Å²) in [7, 11) is 0. The normalized spacial score (nSPS) is 25.4. The molecule has 2 rings (SSSR count). The number of ketones is 1. The van der Waals surface area contributed by atoms with Crippen molar-refractivity contribution in [3.05, 3.63) is 35.4 Å². The van der Waals surface area contributed by atoms with E-state index in [-0.39, 0.29) is 11.3 Å². The lowest BCUT2D eigenvalue weighted by Gasteiger charge is -2.39. The standard InChI is InChI=1S/C15H19F2NO2/c1-10(18-7-3-6-15(2,20)9-18)14(19)11-4-5-12(16)13(17)8-11/h4-5,8,10,20H,3,6-7,9H2,1-2H3. The minimum absolute atomic E-state index is 0.154. The van der Waals surface area contributed by atoms with E-state index in [0.717, 1.165) is 18.6 Å². The summed E-state index contributed by atoms with van der Waals surface area (Å²) >= 11 is 0. The second kappa shape index (κ2) is 5.58. The predicted octanol–water partition coefficient (Wildman–Crippen LogP) is 2.38. The Bertz CT molecular complexity index is 517. The number of β-amino-alcohol motifs (C(OH)–C–C–N with tert-alkyl or cyclic N) is 1. The van der Waals surface area contributed by atoms with Crippen LogP contribution in [0.25, 0.3) is 0 Å². The third-order valence-electron chi connectivity index (χ3n) is 3.84. The Balaban J connectivity index is 2.13. The van der Waals surface area contributed by atoms with E-state index in [1.54, 1.807) is 13.8 Å². The van der Waals surface area contributed by atoms with Gasteiger partial charge in [-0.05, 0) is 51.4 Å². The lowest BCUT2D eigenvalue weighted by atomic mass is 9.92. The topological polar surface area (TPSA) is 40.5 Å². The van der Waals surface area contributed by atoms with Crippen LogP contribution < -0.4 is 0 Å². The molecule has 1 aliphatic heterocycles. The second-order valence-corrected chi connectivity index (χ2v) is 5.74. The lowest BCUT2D eigenvalue weighted by molar-refractivity contribution is -0.0242. The molecule has 0 aliphatic carbocycles. The Labute approximate surface area is 117 Å². The zero-order chi connectivity index (χ0) is 14.9. The summed E-state index contributed by atoms with van der Waals surface area (Å²) < 4.78 is 26.1. The maximum absolute atomic E-state index is 13.2. The first-order valence-electron chi connectivity index (χ1n) is 6.76. The van der Waals surface area contributed by atoms with Crippen molar-refractivity contribution in [1.29, 1.82) is 0 Å². The molecule has 1 aromatic rings. The van der Waals surface area contributed by atoms with E-state index >= 15 is 0 Å². The highest BCUT2D eigenvalue weighted by atomic mass is 19.2. The summed E-state index contributed by atoms with van der Waals surface area (Å²) in [4.78, 5) is 14.2. The number of aliphatic hydroxyl groups is 1. The molecular formula is C15H19F2NO2. The van der Waals surface area contributed by atoms with Crippen LogP contribution in [0.3, 0.4) is 0 Å². The van der Waals surface area contributed by atoms with Crippen LogP contribution in [0.15, 0.2) is 18.2 Å². The van der Waals surface area contributed by atoms with Crippen LogP contribution in [-0.2, 0) is 0 Å². The van der Waals surface area contributed by atoms with E-state index in [1.807, 2.05) is 4.90 Å². The van der Waals surface area contributed by atoms with Gasteiger partial charge < -0.3 is 5.11 Å². The Hall–Kier alpha value is -1.33. The number of hydrogen-bond donors (Lipinski definition) is 1. The van der Waals surface area contributed by atoms with Gasteiger partial charge in [-0.2, -0.15) is 0 Å². The second-order valence-electron chi connectivity index (χ2n) is 5.74. The number of Topliss-reactive ketones (excluding diaryl/α,β-unsaturated/α-hetero) is 1. The third kappa shape index (κ3) is 3.22. The quantitative estimate of drug-likeness (QED) is 0.866. The molecule has 1 aliphatic rings. The number of likely N-dealkylation sites (tertiary alicyclic amines) is 1. The SMILES string of the molecule is CC(C(=O)c1ccc(F)c(F)c1)N1CCCC(C)(O)C1. The van der Waals surface area contributed by atoms with Gasteiger partial charge in [-0.25, -0.2) is 8.78 Å². The first-order valence-corrected chi connectivity index (χ1v) is 6.76. The minimum atomic E-state index is -1.02. The van der Waals surface area contributed by atoms with Crippen molar-refractivity contribution in [1.82, 2.24) is 4.90 Å². The van der Waals surface area contributed by atoms with Gasteiger partial charge in [0.2, 0.25) is 0 Å². The highest BCUT2D eigenvalue weighted by Crippen LogP contribution is 2.23. The zero-order valence-corrected chi connectivity index (χ0v) is 11.7. The number of carbonyl (C=O) groups excluding carboxylic acids is 1. The summed E-state index contributed by atoms with van der Waals surface area (Å²) in [5, 5.41) is 10.1. The maximum Gasteiger partial charge on any atom is 0.179 e. The Morgan fingerprint density at radius 3 is 2.70 bits per heavy atom. The van der Waals surface area contributed by atoms with E-state index in [0.29, 0.717) is 19.5 Å². The van der Waals surface area contributed by atoms with Gasteiger partial charge in [-0.1, -0.05) is 0 Å². The number of hydrogen-bond acceptors (Lipinski definition) is 3. The zero-order valence-electron chi connectivity index (χ0n) is 11.7. The molecule has 0 amide bonds. The van der Waals surface area contributed by atoms with Crippen molar-refractivity contribution < 1.29 is 18.7 Å². The molecule has 0 aromatic heterocycles. The molecule has 1 saturated heterocycles. The van der Waals surface area contributed by atoms with Gasteiger partial charge in [0.1, 0.15) is 0 Å². The molecule has 0 radical (unpaired) electrons. The molecule has 3 nitrogen and oxygen atoms in total. The fourth-order valence-corrected chi connectivity index (χ4v) is 2.65. The number of piperidine rings is 1. The van der Waals surface area contributed by atoms with E-state index in [2.05, 4.69) is 0 Å². The average Bonchev–Trinajstić information content (AvgIpc) is 2.39. The van der Waals surface area contributed by atoms with Crippen molar-refractivity contribution in [3.8, 4) is 0 Å². The molecule has 5 heteroatoms. The molecule has 1 fully saturated rings.